The summed E-state index contributed by atoms with van der Waals surface area (Å²) >= 11 is 0. The number of hydrogen-bond acceptors (Lipinski definition) is 4. The van der Waals surface area contributed by atoms with Crippen molar-refractivity contribution in [2.24, 2.45) is 0 Å². The first-order valence-electron chi connectivity index (χ1n) is 7.66. The third kappa shape index (κ3) is 4.80. The summed E-state index contributed by atoms with van der Waals surface area (Å²) in [5.41, 5.74) is 0.398. The maximum atomic E-state index is 12.7. The highest BCUT2D eigenvalue weighted by molar-refractivity contribution is 7.89. The van der Waals surface area contributed by atoms with Crippen molar-refractivity contribution in [1.29, 1.82) is 0 Å². The molecule has 1 fully saturated rings. The molecule has 1 aromatic carbocycles. The van der Waals surface area contributed by atoms with Crippen molar-refractivity contribution in [2.45, 2.75) is 23.8 Å². The van der Waals surface area contributed by atoms with Crippen molar-refractivity contribution in [2.75, 3.05) is 26.7 Å². The second kappa shape index (κ2) is 9.17. The average Bonchev–Trinajstić information content (AvgIpc) is 3.01. The normalized spacial score (nSPS) is 17.4. The molecule has 1 saturated heterocycles. The van der Waals surface area contributed by atoms with E-state index in [1.165, 1.54) is 18.2 Å². The van der Waals surface area contributed by atoms with Gasteiger partial charge in [-0.3, -0.25) is 4.79 Å². The minimum Gasteiger partial charge on any atom is -0.334 e. The smallest absolute Gasteiger partial charge is 0.254 e. The monoisotopic (exact) mass is 373 g/mol. The third-order valence-corrected chi connectivity index (χ3v) is 5.31. The molecule has 1 amide bonds. The van der Waals surface area contributed by atoms with E-state index in [1.807, 2.05) is 11.9 Å². The Labute approximate surface area is 149 Å². The summed E-state index contributed by atoms with van der Waals surface area (Å²) in [5, 5.41) is 3.10. The maximum Gasteiger partial charge on any atom is 0.254 e. The lowest BCUT2D eigenvalue weighted by Gasteiger charge is -2.24. The summed E-state index contributed by atoms with van der Waals surface area (Å²) < 4.78 is 26.7. The molecule has 2 N–H and O–H groups in total. The molecule has 1 aliphatic heterocycles. The molecule has 0 aromatic heterocycles. The lowest BCUT2D eigenvalue weighted by molar-refractivity contribution is 0.0737. The van der Waals surface area contributed by atoms with E-state index in [4.69, 9.17) is 0 Å². The number of nitrogens with zero attached hydrogens (tertiary/aromatic N) is 1. The summed E-state index contributed by atoms with van der Waals surface area (Å²) in [6, 6.07) is 6.33. The number of benzene rings is 1. The minimum absolute atomic E-state index is 0. The number of halogens is 1. The maximum absolute atomic E-state index is 12.7. The number of rotatable bonds is 7. The molecule has 8 heteroatoms. The number of amides is 1. The Hall–Kier alpha value is -1.41. The van der Waals surface area contributed by atoms with Crippen LogP contribution in [0.5, 0.6) is 0 Å². The Balaban J connectivity index is 0.00000288. The van der Waals surface area contributed by atoms with E-state index in [0.29, 0.717) is 12.1 Å². The van der Waals surface area contributed by atoms with Crippen LogP contribution in [0.25, 0.3) is 0 Å². The van der Waals surface area contributed by atoms with Crippen molar-refractivity contribution < 1.29 is 13.2 Å². The van der Waals surface area contributed by atoms with Gasteiger partial charge in [0.2, 0.25) is 10.0 Å². The molecule has 1 unspecified atom stereocenters. The van der Waals surface area contributed by atoms with Crippen molar-refractivity contribution in [1.82, 2.24) is 14.9 Å². The summed E-state index contributed by atoms with van der Waals surface area (Å²) in [6.45, 7) is 5.08. The van der Waals surface area contributed by atoms with E-state index in [0.717, 1.165) is 19.4 Å². The molecule has 24 heavy (non-hydrogen) atoms. The van der Waals surface area contributed by atoms with Gasteiger partial charge in [0.05, 0.1) is 4.90 Å². The van der Waals surface area contributed by atoms with Crippen LogP contribution in [0.3, 0.4) is 0 Å². The average molecular weight is 374 g/mol. The van der Waals surface area contributed by atoms with E-state index in [1.54, 1.807) is 12.1 Å². The first-order valence-corrected chi connectivity index (χ1v) is 9.14. The second-order valence-corrected chi connectivity index (χ2v) is 7.29. The molecule has 0 radical (unpaired) electrons. The predicted octanol–water partition coefficient (Wildman–Crippen LogP) is 1.40. The Morgan fingerprint density at radius 3 is 2.88 bits per heavy atom. The number of nitrogens with one attached hydrogen (secondary N) is 2. The van der Waals surface area contributed by atoms with Gasteiger partial charge in [-0.25, -0.2) is 13.1 Å². The molecule has 0 bridgehead atoms. The number of likely N-dealkylation sites (N-methyl/N-ethyl adjacent to an activating group) is 1. The fraction of sp³-hybridized carbons (Fsp3) is 0.438. The standard InChI is InChI=1S/C16H23N3O3S.ClH/c1-3-9-18-23(21,22)15-8-4-6-13(11-15)16(20)19-10-5-7-14(19)12-17-2;/h3-4,6,8,11,14,17-18H,1,5,7,9-10,12H2,2H3;1H. The van der Waals surface area contributed by atoms with Gasteiger partial charge in [0.1, 0.15) is 0 Å². The van der Waals surface area contributed by atoms with Crippen LogP contribution in [0.2, 0.25) is 0 Å². The van der Waals surface area contributed by atoms with Crippen molar-refractivity contribution >= 4 is 28.3 Å². The van der Waals surface area contributed by atoms with Gasteiger partial charge in [-0.1, -0.05) is 12.1 Å². The van der Waals surface area contributed by atoms with Gasteiger partial charge >= 0.3 is 0 Å². The fourth-order valence-corrected chi connectivity index (χ4v) is 3.81. The molecule has 0 aliphatic carbocycles. The summed E-state index contributed by atoms with van der Waals surface area (Å²) in [4.78, 5) is 14.6. The summed E-state index contributed by atoms with van der Waals surface area (Å²) in [6.07, 6.45) is 3.40. The number of sulfonamides is 1. The zero-order valence-corrected chi connectivity index (χ0v) is 15.3. The van der Waals surface area contributed by atoms with Crippen LogP contribution >= 0.6 is 12.4 Å². The molecule has 1 atom stereocenters. The molecule has 1 aliphatic rings. The van der Waals surface area contributed by atoms with Crippen molar-refractivity contribution in [3.05, 3.63) is 42.5 Å². The first-order chi connectivity index (χ1) is 11.0. The molecule has 0 spiro atoms. The summed E-state index contributed by atoms with van der Waals surface area (Å²) in [7, 11) is -1.77. The van der Waals surface area contributed by atoms with Crippen LogP contribution in [0.4, 0.5) is 0 Å². The van der Waals surface area contributed by atoms with E-state index in [2.05, 4.69) is 16.6 Å². The van der Waals surface area contributed by atoms with Gasteiger partial charge in [0, 0.05) is 31.2 Å². The number of hydrogen-bond donors (Lipinski definition) is 2. The van der Waals surface area contributed by atoms with E-state index >= 15 is 0 Å². The highest BCUT2D eigenvalue weighted by Crippen LogP contribution is 2.21. The molecular weight excluding hydrogens is 350 g/mol. The summed E-state index contributed by atoms with van der Waals surface area (Å²) in [5.74, 6) is -0.122. The quantitative estimate of drug-likeness (QED) is 0.708. The Kier molecular flexibility index (Phi) is 7.89. The van der Waals surface area contributed by atoms with Crippen LogP contribution in [0, 0.1) is 0 Å². The number of carbonyl (C=O) groups is 1. The van der Waals surface area contributed by atoms with Gasteiger partial charge in [0.25, 0.3) is 5.91 Å². The third-order valence-electron chi connectivity index (χ3n) is 3.89. The molecule has 2 rings (SSSR count). The lowest BCUT2D eigenvalue weighted by atomic mass is 10.1. The Morgan fingerprint density at radius 2 is 2.21 bits per heavy atom. The van der Waals surface area contributed by atoms with Crippen molar-refractivity contribution in [3.63, 3.8) is 0 Å². The molecule has 1 aromatic rings. The van der Waals surface area contributed by atoms with Crippen LogP contribution in [-0.4, -0.2) is 51.9 Å². The van der Waals surface area contributed by atoms with Crippen LogP contribution in [0.1, 0.15) is 23.2 Å². The molecule has 1 heterocycles. The van der Waals surface area contributed by atoms with E-state index in [-0.39, 0.29) is 35.8 Å². The van der Waals surface area contributed by atoms with Gasteiger partial charge in [-0.15, -0.1) is 19.0 Å². The zero-order chi connectivity index (χ0) is 16.9. The minimum atomic E-state index is -3.63. The van der Waals surface area contributed by atoms with Crippen molar-refractivity contribution in [3.8, 4) is 0 Å². The van der Waals surface area contributed by atoms with Gasteiger partial charge in [-0.2, -0.15) is 0 Å². The Morgan fingerprint density at radius 1 is 1.46 bits per heavy atom. The topological polar surface area (TPSA) is 78.5 Å². The zero-order valence-electron chi connectivity index (χ0n) is 13.7. The van der Waals surface area contributed by atoms with E-state index in [9.17, 15) is 13.2 Å². The van der Waals surface area contributed by atoms with Crippen LogP contribution < -0.4 is 10.0 Å². The first kappa shape index (κ1) is 20.6. The van der Waals surface area contributed by atoms with Crippen LogP contribution in [-0.2, 0) is 10.0 Å². The molecule has 134 valence electrons. The number of carbonyl (C=O) groups excluding carboxylic acids is 1. The van der Waals surface area contributed by atoms with Gasteiger partial charge < -0.3 is 10.2 Å². The Bertz CT molecular complexity index is 679. The van der Waals surface area contributed by atoms with Crippen LogP contribution in [0.15, 0.2) is 41.8 Å². The molecular formula is C16H24ClN3O3S. The molecule has 6 nitrogen and oxygen atoms in total. The SMILES string of the molecule is C=CCNS(=O)(=O)c1cccc(C(=O)N2CCCC2CNC)c1.Cl. The van der Waals surface area contributed by atoms with E-state index < -0.39 is 10.0 Å². The second-order valence-electron chi connectivity index (χ2n) is 5.52. The lowest BCUT2D eigenvalue weighted by Crippen LogP contribution is -2.40. The predicted molar refractivity (Wildman–Crippen MR) is 97.1 cm³/mol. The highest BCUT2D eigenvalue weighted by atomic mass is 35.5. The largest absolute Gasteiger partial charge is 0.334 e. The number of likely N-dealkylation sites (tertiary alicyclic amines) is 1. The van der Waals surface area contributed by atoms with Gasteiger partial charge in [0.15, 0.2) is 0 Å². The highest BCUT2D eigenvalue weighted by Gasteiger charge is 2.29. The van der Waals surface area contributed by atoms with Gasteiger partial charge in [-0.05, 0) is 38.1 Å². The molecule has 0 saturated carbocycles. The fourth-order valence-electron chi connectivity index (χ4n) is 2.76.